The zero-order valence-corrected chi connectivity index (χ0v) is 12.2. The maximum atomic E-state index is 10.3. The number of aliphatic hydroxyl groups is 1. The molecule has 0 fully saturated rings. The molecule has 0 saturated carbocycles. The molecule has 0 heterocycles. The monoisotopic (exact) mass is 267 g/mol. The molecule has 19 heavy (non-hydrogen) atoms. The first-order chi connectivity index (χ1) is 9.08. The average Bonchev–Trinajstić information content (AvgIpc) is 2.44. The fraction of sp³-hybridized carbons (Fsp3) is 0.600. The molecule has 0 aliphatic rings. The third-order valence-corrected chi connectivity index (χ3v) is 3.23. The van der Waals surface area contributed by atoms with Gasteiger partial charge in [0.05, 0.1) is 13.2 Å². The lowest BCUT2D eigenvalue weighted by molar-refractivity contribution is 0.123. The molecular weight excluding hydrogens is 242 g/mol. The van der Waals surface area contributed by atoms with Gasteiger partial charge in [0.1, 0.15) is 5.75 Å². The molecule has 108 valence electrons. The molecule has 4 heteroatoms. The number of nitrogens with one attached hydrogen (secondary N) is 1. The number of methoxy groups -OCH3 is 2. The van der Waals surface area contributed by atoms with Crippen LogP contribution < -0.4 is 10.1 Å². The van der Waals surface area contributed by atoms with E-state index in [0.717, 1.165) is 24.3 Å². The van der Waals surface area contributed by atoms with E-state index in [9.17, 15) is 5.11 Å². The Morgan fingerprint density at radius 3 is 2.32 bits per heavy atom. The van der Waals surface area contributed by atoms with E-state index in [4.69, 9.17) is 9.47 Å². The van der Waals surface area contributed by atoms with Crippen LogP contribution in [0, 0.1) is 0 Å². The SMILES string of the molecule is COCCC(C)NC(C)C(O)c1ccc(OC)cc1. The van der Waals surface area contributed by atoms with Crippen molar-refractivity contribution in [2.75, 3.05) is 20.8 Å². The minimum atomic E-state index is -0.532. The third-order valence-electron chi connectivity index (χ3n) is 3.23. The Labute approximate surface area is 115 Å². The van der Waals surface area contributed by atoms with Crippen LogP contribution in [0.5, 0.6) is 5.75 Å². The van der Waals surface area contributed by atoms with Crippen LogP contribution in [0.2, 0.25) is 0 Å². The molecule has 0 saturated heterocycles. The molecule has 0 aliphatic carbocycles. The predicted molar refractivity (Wildman–Crippen MR) is 76.5 cm³/mol. The molecule has 0 bridgehead atoms. The second-order valence-electron chi connectivity index (χ2n) is 4.86. The van der Waals surface area contributed by atoms with Crippen LogP contribution in [0.25, 0.3) is 0 Å². The second kappa shape index (κ2) is 8.15. The van der Waals surface area contributed by atoms with Crippen molar-refractivity contribution in [1.82, 2.24) is 5.32 Å². The van der Waals surface area contributed by atoms with Gasteiger partial charge in [-0.1, -0.05) is 12.1 Å². The Morgan fingerprint density at radius 1 is 1.16 bits per heavy atom. The Hall–Kier alpha value is -1.10. The summed E-state index contributed by atoms with van der Waals surface area (Å²) in [5.41, 5.74) is 0.889. The summed E-state index contributed by atoms with van der Waals surface area (Å²) in [6, 6.07) is 7.80. The zero-order chi connectivity index (χ0) is 14.3. The lowest BCUT2D eigenvalue weighted by Crippen LogP contribution is -2.39. The van der Waals surface area contributed by atoms with Gasteiger partial charge < -0.3 is 19.9 Å². The van der Waals surface area contributed by atoms with Gasteiger partial charge in [-0.2, -0.15) is 0 Å². The molecule has 1 aromatic rings. The molecule has 1 rings (SSSR count). The Kier molecular flexibility index (Phi) is 6.84. The Bertz CT molecular complexity index is 353. The van der Waals surface area contributed by atoms with Gasteiger partial charge in [-0.25, -0.2) is 0 Å². The van der Waals surface area contributed by atoms with Crippen molar-refractivity contribution in [3.05, 3.63) is 29.8 Å². The normalized spacial score (nSPS) is 15.8. The molecule has 3 unspecified atom stereocenters. The second-order valence-corrected chi connectivity index (χ2v) is 4.86. The summed E-state index contributed by atoms with van der Waals surface area (Å²) in [5, 5.41) is 13.7. The molecule has 0 amide bonds. The van der Waals surface area contributed by atoms with Crippen molar-refractivity contribution in [2.45, 2.75) is 38.5 Å². The third kappa shape index (κ3) is 5.19. The summed E-state index contributed by atoms with van der Waals surface area (Å²) in [6.45, 7) is 4.80. The minimum absolute atomic E-state index is 0.0137. The first-order valence-corrected chi connectivity index (χ1v) is 6.65. The number of benzene rings is 1. The maximum absolute atomic E-state index is 10.3. The quantitative estimate of drug-likeness (QED) is 0.757. The minimum Gasteiger partial charge on any atom is -0.497 e. The summed E-state index contributed by atoms with van der Waals surface area (Å²) < 4.78 is 10.2. The van der Waals surface area contributed by atoms with Gasteiger partial charge in [-0.05, 0) is 38.0 Å². The standard InChI is InChI=1S/C15H25NO3/c1-11(9-10-18-3)16-12(2)15(17)13-5-7-14(19-4)8-6-13/h5-8,11-12,15-17H,9-10H2,1-4H3. The highest BCUT2D eigenvalue weighted by atomic mass is 16.5. The summed E-state index contributed by atoms with van der Waals surface area (Å²) in [5.74, 6) is 0.796. The van der Waals surface area contributed by atoms with Crippen molar-refractivity contribution in [2.24, 2.45) is 0 Å². The van der Waals surface area contributed by atoms with E-state index in [2.05, 4.69) is 12.2 Å². The first-order valence-electron chi connectivity index (χ1n) is 6.65. The fourth-order valence-corrected chi connectivity index (χ4v) is 2.01. The molecule has 0 spiro atoms. The van der Waals surface area contributed by atoms with Gasteiger partial charge in [-0.15, -0.1) is 0 Å². The average molecular weight is 267 g/mol. The van der Waals surface area contributed by atoms with E-state index in [1.54, 1.807) is 14.2 Å². The summed E-state index contributed by atoms with van der Waals surface area (Å²) in [4.78, 5) is 0. The van der Waals surface area contributed by atoms with Gasteiger partial charge >= 0.3 is 0 Å². The number of rotatable bonds is 8. The number of hydrogen-bond acceptors (Lipinski definition) is 4. The van der Waals surface area contributed by atoms with E-state index < -0.39 is 6.10 Å². The lowest BCUT2D eigenvalue weighted by atomic mass is 10.0. The van der Waals surface area contributed by atoms with Gasteiger partial charge in [0, 0.05) is 25.8 Å². The Balaban J connectivity index is 2.52. The van der Waals surface area contributed by atoms with Crippen molar-refractivity contribution in [3.63, 3.8) is 0 Å². The molecule has 0 radical (unpaired) electrons. The number of hydrogen-bond donors (Lipinski definition) is 2. The van der Waals surface area contributed by atoms with Gasteiger partial charge in [0.25, 0.3) is 0 Å². The van der Waals surface area contributed by atoms with Crippen LogP contribution in [0.4, 0.5) is 0 Å². The highest BCUT2D eigenvalue weighted by Crippen LogP contribution is 2.20. The molecule has 0 aliphatic heterocycles. The van der Waals surface area contributed by atoms with Crippen LogP contribution in [-0.4, -0.2) is 38.0 Å². The topological polar surface area (TPSA) is 50.7 Å². The lowest BCUT2D eigenvalue weighted by Gasteiger charge is -2.24. The largest absolute Gasteiger partial charge is 0.497 e. The van der Waals surface area contributed by atoms with Crippen molar-refractivity contribution >= 4 is 0 Å². The van der Waals surface area contributed by atoms with Crippen LogP contribution in [-0.2, 0) is 4.74 Å². The molecule has 0 aromatic heterocycles. The molecular formula is C15H25NO3. The predicted octanol–water partition coefficient (Wildman–Crippen LogP) is 2.13. The van der Waals surface area contributed by atoms with Gasteiger partial charge in [0.2, 0.25) is 0 Å². The van der Waals surface area contributed by atoms with E-state index in [-0.39, 0.29) is 6.04 Å². The van der Waals surface area contributed by atoms with E-state index in [1.165, 1.54) is 0 Å². The highest BCUT2D eigenvalue weighted by molar-refractivity contribution is 5.29. The highest BCUT2D eigenvalue weighted by Gasteiger charge is 2.17. The number of ether oxygens (including phenoxy) is 2. The summed E-state index contributed by atoms with van der Waals surface area (Å²) in [6.07, 6.45) is 0.395. The first kappa shape index (κ1) is 16.0. The summed E-state index contributed by atoms with van der Waals surface area (Å²) >= 11 is 0. The maximum Gasteiger partial charge on any atom is 0.118 e. The fourth-order valence-electron chi connectivity index (χ4n) is 2.01. The zero-order valence-electron chi connectivity index (χ0n) is 12.2. The smallest absolute Gasteiger partial charge is 0.118 e. The molecule has 3 atom stereocenters. The van der Waals surface area contributed by atoms with Gasteiger partial charge in [-0.3, -0.25) is 0 Å². The number of aliphatic hydroxyl groups excluding tert-OH is 1. The van der Waals surface area contributed by atoms with Crippen LogP contribution in [0.15, 0.2) is 24.3 Å². The van der Waals surface area contributed by atoms with E-state index in [1.807, 2.05) is 31.2 Å². The van der Waals surface area contributed by atoms with Gasteiger partial charge in [0.15, 0.2) is 0 Å². The van der Waals surface area contributed by atoms with Crippen molar-refractivity contribution < 1.29 is 14.6 Å². The van der Waals surface area contributed by atoms with Crippen LogP contribution in [0.3, 0.4) is 0 Å². The molecule has 4 nitrogen and oxygen atoms in total. The summed E-state index contributed by atoms with van der Waals surface area (Å²) in [7, 11) is 3.33. The van der Waals surface area contributed by atoms with Crippen molar-refractivity contribution in [1.29, 1.82) is 0 Å². The van der Waals surface area contributed by atoms with Crippen LogP contribution >= 0.6 is 0 Å². The van der Waals surface area contributed by atoms with E-state index in [0.29, 0.717) is 6.04 Å². The molecule has 1 aromatic carbocycles. The van der Waals surface area contributed by atoms with Crippen molar-refractivity contribution in [3.8, 4) is 5.75 Å². The van der Waals surface area contributed by atoms with Crippen LogP contribution in [0.1, 0.15) is 31.9 Å². The van der Waals surface area contributed by atoms with E-state index >= 15 is 0 Å². The molecule has 2 N–H and O–H groups in total. The Morgan fingerprint density at radius 2 is 1.79 bits per heavy atom.